The van der Waals surface area contributed by atoms with Gasteiger partial charge in [0, 0.05) is 17.3 Å². The first kappa shape index (κ1) is 32.5. The molecule has 1 fully saturated rings. The van der Waals surface area contributed by atoms with Gasteiger partial charge in [-0.25, -0.2) is 0 Å². The second-order valence-electron chi connectivity index (χ2n) is 12.4. The first-order valence-electron chi connectivity index (χ1n) is 15.2. The highest BCUT2D eigenvalue weighted by Crippen LogP contribution is 2.29. The van der Waals surface area contributed by atoms with E-state index in [1.807, 2.05) is 75.4 Å². The van der Waals surface area contributed by atoms with Crippen LogP contribution in [0.15, 0.2) is 78.9 Å². The third kappa shape index (κ3) is 9.84. The number of hydrogen-bond acceptors (Lipinski definition) is 8. The van der Waals surface area contributed by atoms with Gasteiger partial charge in [-0.3, -0.25) is 14.4 Å². The van der Waals surface area contributed by atoms with Crippen LogP contribution in [0.3, 0.4) is 0 Å². The minimum absolute atomic E-state index is 0.0374. The first-order valence-corrected chi connectivity index (χ1v) is 15.2. The van der Waals surface area contributed by atoms with Gasteiger partial charge in [0.25, 0.3) is 5.91 Å². The molecule has 0 aliphatic heterocycles. The molecule has 5 N–H and O–H groups in total. The molecular formula is C35H44N4O5. The summed E-state index contributed by atoms with van der Waals surface area (Å²) in [5.41, 5.74) is 8.47. The summed E-state index contributed by atoms with van der Waals surface area (Å²) >= 11 is 0. The Labute approximate surface area is 259 Å². The summed E-state index contributed by atoms with van der Waals surface area (Å²) in [4.78, 5) is 38.2. The monoisotopic (exact) mass is 600 g/mol. The highest BCUT2D eigenvalue weighted by atomic mass is 16.6. The van der Waals surface area contributed by atoms with E-state index in [1.54, 1.807) is 24.3 Å². The maximum Gasteiger partial charge on any atom is 0.326 e. The van der Waals surface area contributed by atoms with Gasteiger partial charge in [0.1, 0.15) is 24.3 Å². The van der Waals surface area contributed by atoms with Crippen LogP contribution < -0.4 is 21.7 Å². The lowest BCUT2D eigenvalue weighted by Gasteiger charge is -2.34. The number of para-hydroxylation sites is 2. The summed E-state index contributed by atoms with van der Waals surface area (Å²) in [6.45, 7) is 5.73. The van der Waals surface area contributed by atoms with Gasteiger partial charge in [0.15, 0.2) is 0 Å². The number of nitrogens with one attached hydrogen (secondary N) is 3. The molecule has 9 nitrogen and oxygen atoms in total. The van der Waals surface area contributed by atoms with E-state index < -0.39 is 17.1 Å². The summed E-state index contributed by atoms with van der Waals surface area (Å²) in [5.74, 6) is -1.00. The van der Waals surface area contributed by atoms with Crippen LogP contribution in [-0.4, -0.2) is 41.6 Å². The van der Waals surface area contributed by atoms with Crippen molar-refractivity contribution in [2.75, 3.05) is 22.5 Å². The smallest absolute Gasteiger partial charge is 0.326 e. The maximum absolute atomic E-state index is 13.1. The topological polar surface area (TPSA) is 132 Å². The van der Waals surface area contributed by atoms with Gasteiger partial charge in [0.05, 0.1) is 11.4 Å². The predicted molar refractivity (Wildman–Crippen MR) is 173 cm³/mol. The van der Waals surface area contributed by atoms with E-state index in [9.17, 15) is 14.4 Å². The van der Waals surface area contributed by atoms with Gasteiger partial charge < -0.3 is 31.2 Å². The number of carbonyl (C=O) groups is 3. The van der Waals surface area contributed by atoms with Gasteiger partial charge in [-0.1, -0.05) is 55.3 Å². The van der Waals surface area contributed by atoms with Crippen molar-refractivity contribution < 1.29 is 23.9 Å². The molecule has 3 aromatic carbocycles. The van der Waals surface area contributed by atoms with Crippen molar-refractivity contribution in [3.05, 3.63) is 90.0 Å². The molecule has 0 saturated heterocycles. The number of carbonyl (C=O) groups excluding carboxylic acids is 3. The zero-order chi connectivity index (χ0) is 31.6. The molecule has 9 heteroatoms. The summed E-state index contributed by atoms with van der Waals surface area (Å²) in [6.07, 6.45) is 4.68. The molecule has 44 heavy (non-hydrogen) atoms. The van der Waals surface area contributed by atoms with Crippen LogP contribution in [0, 0.1) is 0 Å². The number of anilines is 3. The van der Waals surface area contributed by atoms with Crippen molar-refractivity contribution in [2.45, 2.75) is 83.1 Å². The molecule has 3 aromatic rings. The van der Waals surface area contributed by atoms with Crippen LogP contribution in [0.5, 0.6) is 0 Å². The first-order chi connectivity index (χ1) is 21.0. The number of amides is 1. The van der Waals surface area contributed by atoms with Crippen molar-refractivity contribution >= 4 is 34.9 Å². The van der Waals surface area contributed by atoms with Gasteiger partial charge in [-0.05, 0) is 88.4 Å². The Kier molecular flexibility index (Phi) is 11.0. The van der Waals surface area contributed by atoms with Gasteiger partial charge in [-0.15, -0.1) is 0 Å². The third-order valence-electron chi connectivity index (χ3n) is 7.53. The van der Waals surface area contributed by atoms with Gasteiger partial charge >= 0.3 is 11.9 Å². The number of esters is 2. The van der Waals surface area contributed by atoms with Crippen LogP contribution in [0.25, 0.3) is 0 Å². The molecular weight excluding hydrogens is 556 g/mol. The van der Waals surface area contributed by atoms with Crippen LogP contribution in [0.2, 0.25) is 0 Å². The Morgan fingerprint density at radius 1 is 0.864 bits per heavy atom. The maximum atomic E-state index is 13.1. The van der Waals surface area contributed by atoms with E-state index >= 15 is 0 Å². The van der Waals surface area contributed by atoms with Crippen molar-refractivity contribution in [3.63, 3.8) is 0 Å². The van der Waals surface area contributed by atoms with Crippen LogP contribution >= 0.6 is 0 Å². The zero-order valence-electron chi connectivity index (χ0n) is 25.9. The molecule has 234 valence electrons. The second kappa shape index (κ2) is 14.9. The largest absolute Gasteiger partial charge is 0.460 e. The van der Waals surface area contributed by atoms with E-state index in [2.05, 4.69) is 16.0 Å². The quantitative estimate of drug-likeness (QED) is 0.200. The molecule has 0 heterocycles. The predicted octanol–water partition coefficient (Wildman–Crippen LogP) is 6.27. The van der Waals surface area contributed by atoms with E-state index in [0.717, 1.165) is 36.9 Å². The lowest BCUT2D eigenvalue weighted by Crippen LogP contribution is -2.52. The third-order valence-corrected chi connectivity index (χ3v) is 7.53. The van der Waals surface area contributed by atoms with Crippen molar-refractivity contribution in [1.29, 1.82) is 0 Å². The molecule has 0 aromatic heterocycles. The molecule has 4 rings (SSSR count). The van der Waals surface area contributed by atoms with E-state index in [1.165, 1.54) is 0 Å². The minimum atomic E-state index is -0.983. The molecule has 2 atom stereocenters. The van der Waals surface area contributed by atoms with E-state index in [-0.39, 0.29) is 31.1 Å². The van der Waals surface area contributed by atoms with Crippen molar-refractivity contribution in [2.24, 2.45) is 5.73 Å². The number of nitrogens with two attached hydrogens (primary N) is 1. The highest BCUT2D eigenvalue weighted by Gasteiger charge is 2.38. The summed E-state index contributed by atoms with van der Waals surface area (Å²) in [5, 5.41) is 9.54. The zero-order valence-corrected chi connectivity index (χ0v) is 25.9. The fraction of sp³-hybridized carbons (Fsp3) is 0.400. The Morgan fingerprint density at radius 3 is 2.25 bits per heavy atom. The lowest BCUT2D eigenvalue weighted by molar-refractivity contribution is -0.162. The molecule has 1 amide bonds. The van der Waals surface area contributed by atoms with Crippen molar-refractivity contribution in [3.8, 4) is 0 Å². The summed E-state index contributed by atoms with van der Waals surface area (Å²) in [7, 11) is 0. The van der Waals surface area contributed by atoms with Gasteiger partial charge in [-0.2, -0.15) is 0 Å². The molecule has 0 spiro atoms. The Balaban J connectivity index is 1.29. The molecule has 2 unspecified atom stereocenters. The number of rotatable bonds is 10. The SMILES string of the molecule is CC(C)(C)OC(=O)C1(N)CCCCC(Nc2ccc(C(=O)Nc3ccccc3NCC(=O)OCc3ccccc3)cc2)CC1. The molecule has 1 aliphatic carbocycles. The Hall–Kier alpha value is -4.37. The van der Waals surface area contributed by atoms with Crippen LogP contribution in [0.1, 0.15) is 75.2 Å². The number of hydrogen-bond donors (Lipinski definition) is 4. The summed E-state index contributed by atoms with van der Waals surface area (Å²) < 4.78 is 11.0. The molecule has 1 saturated carbocycles. The fourth-order valence-corrected chi connectivity index (χ4v) is 5.11. The van der Waals surface area contributed by atoms with Crippen LogP contribution in [-0.2, 0) is 25.7 Å². The molecule has 0 radical (unpaired) electrons. The highest BCUT2D eigenvalue weighted by molar-refractivity contribution is 6.06. The Morgan fingerprint density at radius 2 is 1.55 bits per heavy atom. The van der Waals surface area contributed by atoms with Crippen molar-refractivity contribution in [1.82, 2.24) is 0 Å². The average molecular weight is 601 g/mol. The lowest BCUT2D eigenvalue weighted by atomic mass is 9.83. The standard InChI is InChI=1S/C35H44N4O5/c1-34(2,3)44-33(42)35(36)21-10-9-13-27(20-22-35)38-28-18-16-26(17-19-28)32(41)39-30-15-8-7-14-29(30)37-23-31(40)43-24-25-11-5-4-6-12-25/h4-8,11-12,14-19,27,37-38H,9-10,13,20-24,36H2,1-3H3,(H,39,41). The minimum Gasteiger partial charge on any atom is -0.460 e. The van der Waals surface area contributed by atoms with E-state index in [4.69, 9.17) is 15.2 Å². The number of ether oxygens (including phenoxy) is 2. The Bertz CT molecular complexity index is 1400. The average Bonchev–Trinajstić information content (AvgIpc) is 2.99. The van der Waals surface area contributed by atoms with Crippen LogP contribution in [0.4, 0.5) is 17.1 Å². The molecule has 1 aliphatic rings. The summed E-state index contributed by atoms with van der Waals surface area (Å²) in [6, 6.07) is 24.1. The number of benzene rings is 3. The normalized spacial score (nSPS) is 18.7. The van der Waals surface area contributed by atoms with E-state index in [0.29, 0.717) is 29.8 Å². The van der Waals surface area contributed by atoms with Gasteiger partial charge in [0.2, 0.25) is 0 Å². The second-order valence-corrected chi connectivity index (χ2v) is 12.4. The fourth-order valence-electron chi connectivity index (χ4n) is 5.11. The molecule has 0 bridgehead atoms.